The summed E-state index contributed by atoms with van der Waals surface area (Å²) in [6, 6.07) is 4.99. The summed E-state index contributed by atoms with van der Waals surface area (Å²) in [6.07, 6.45) is 1.15. The van der Waals surface area contributed by atoms with Crippen LogP contribution in [0.4, 0.5) is 0 Å². The van der Waals surface area contributed by atoms with E-state index in [0.29, 0.717) is 6.04 Å². The maximum absolute atomic E-state index is 3.45. The fourth-order valence-corrected chi connectivity index (χ4v) is 2.17. The van der Waals surface area contributed by atoms with Gasteiger partial charge in [-0.2, -0.15) is 0 Å². The molecular formula is C10H16BrNS. The SMILES string of the molecule is CCc1ccc(CNC(C)CBr)s1. The third-order valence-electron chi connectivity index (χ3n) is 1.92. The Morgan fingerprint density at radius 3 is 2.69 bits per heavy atom. The van der Waals surface area contributed by atoms with E-state index < -0.39 is 0 Å². The molecule has 1 aromatic heterocycles. The van der Waals surface area contributed by atoms with Gasteiger partial charge in [-0.3, -0.25) is 0 Å². The van der Waals surface area contributed by atoms with E-state index in [1.54, 1.807) is 0 Å². The molecule has 1 nitrogen and oxygen atoms in total. The Hall–Kier alpha value is 0.140. The van der Waals surface area contributed by atoms with Crippen LogP contribution in [0.3, 0.4) is 0 Å². The molecule has 1 unspecified atom stereocenters. The van der Waals surface area contributed by atoms with Gasteiger partial charge in [0.25, 0.3) is 0 Å². The first-order valence-corrected chi connectivity index (χ1v) is 6.57. The fraction of sp³-hybridized carbons (Fsp3) is 0.600. The van der Waals surface area contributed by atoms with Crippen molar-refractivity contribution in [2.75, 3.05) is 5.33 Å². The van der Waals surface area contributed by atoms with Crippen LogP contribution in [0.5, 0.6) is 0 Å². The van der Waals surface area contributed by atoms with Gasteiger partial charge < -0.3 is 5.32 Å². The molecule has 0 aliphatic heterocycles. The topological polar surface area (TPSA) is 12.0 Å². The minimum atomic E-state index is 0.548. The lowest BCUT2D eigenvalue weighted by Gasteiger charge is -2.08. The van der Waals surface area contributed by atoms with Gasteiger partial charge in [0.05, 0.1) is 0 Å². The molecule has 1 atom stereocenters. The van der Waals surface area contributed by atoms with E-state index >= 15 is 0 Å². The van der Waals surface area contributed by atoms with Crippen molar-refractivity contribution >= 4 is 27.3 Å². The molecule has 74 valence electrons. The highest BCUT2D eigenvalue weighted by molar-refractivity contribution is 9.09. The Morgan fingerprint density at radius 1 is 1.46 bits per heavy atom. The van der Waals surface area contributed by atoms with Gasteiger partial charge in [0, 0.05) is 27.7 Å². The van der Waals surface area contributed by atoms with E-state index in [1.165, 1.54) is 9.75 Å². The minimum absolute atomic E-state index is 0.548. The average Bonchev–Trinajstić information content (AvgIpc) is 2.61. The van der Waals surface area contributed by atoms with Crippen molar-refractivity contribution in [3.8, 4) is 0 Å². The number of rotatable bonds is 5. The van der Waals surface area contributed by atoms with Crippen LogP contribution in [0.2, 0.25) is 0 Å². The van der Waals surface area contributed by atoms with Crippen LogP contribution in [-0.4, -0.2) is 11.4 Å². The van der Waals surface area contributed by atoms with Gasteiger partial charge in [-0.05, 0) is 25.5 Å². The smallest absolute Gasteiger partial charge is 0.0302 e. The van der Waals surface area contributed by atoms with Gasteiger partial charge >= 0.3 is 0 Å². The largest absolute Gasteiger partial charge is 0.309 e. The van der Waals surface area contributed by atoms with Gasteiger partial charge in [0.2, 0.25) is 0 Å². The number of halogens is 1. The summed E-state index contributed by atoms with van der Waals surface area (Å²) in [4.78, 5) is 2.91. The summed E-state index contributed by atoms with van der Waals surface area (Å²) < 4.78 is 0. The Kier molecular flexibility index (Phi) is 4.99. The summed E-state index contributed by atoms with van der Waals surface area (Å²) >= 11 is 5.36. The van der Waals surface area contributed by atoms with Gasteiger partial charge in [-0.1, -0.05) is 22.9 Å². The number of alkyl halides is 1. The minimum Gasteiger partial charge on any atom is -0.309 e. The van der Waals surface area contributed by atoms with Gasteiger partial charge in [0.15, 0.2) is 0 Å². The molecule has 0 amide bonds. The van der Waals surface area contributed by atoms with Crippen LogP contribution >= 0.6 is 27.3 Å². The zero-order valence-electron chi connectivity index (χ0n) is 8.14. The lowest BCUT2D eigenvalue weighted by Crippen LogP contribution is -2.26. The molecule has 0 aliphatic carbocycles. The number of thiophene rings is 1. The van der Waals surface area contributed by atoms with Crippen LogP contribution in [0.15, 0.2) is 12.1 Å². The standard InChI is InChI=1S/C10H16BrNS/c1-3-9-4-5-10(13-9)7-12-8(2)6-11/h4-5,8,12H,3,6-7H2,1-2H3. The first-order valence-electron chi connectivity index (χ1n) is 4.63. The Bertz CT molecular complexity index is 247. The first-order chi connectivity index (χ1) is 6.26. The highest BCUT2D eigenvalue weighted by atomic mass is 79.9. The average molecular weight is 262 g/mol. The van der Waals surface area contributed by atoms with E-state index in [0.717, 1.165) is 18.3 Å². The predicted molar refractivity (Wildman–Crippen MR) is 63.8 cm³/mol. The van der Waals surface area contributed by atoms with E-state index in [4.69, 9.17) is 0 Å². The zero-order valence-corrected chi connectivity index (χ0v) is 10.5. The van der Waals surface area contributed by atoms with Crippen molar-refractivity contribution < 1.29 is 0 Å². The Labute approximate surface area is 92.7 Å². The fourth-order valence-electron chi connectivity index (χ4n) is 1.04. The summed E-state index contributed by atoms with van der Waals surface area (Å²) in [5.41, 5.74) is 0. The molecule has 3 heteroatoms. The number of aryl methyl sites for hydroxylation is 1. The Balaban J connectivity index is 2.36. The van der Waals surface area contributed by atoms with Gasteiger partial charge in [-0.25, -0.2) is 0 Å². The van der Waals surface area contributed by atoms with Crippen molar-refractivity contribution in [3.63, 3.8) is 0 Å². The third kappa shape index (κ3) is 3.79. The normalized spacial score (nSPS) is 13.2. The molecule has 1 aromatic rings. The van der Waals surface area contributed by atoms with Gasteiger partial charge in [-0.15, -0.1) is 11.3 Å². The second-order valence-electron chi connectivity index (χ2n) is 3.16. The molecule has 0 saturated carbocycles. The Morgan fingerprint density at radius 2 is 2.15 bits per heavy atom. The lowest BCUT2D eigenvalue weighted by molar-refractivity contribution is 0.603. The van der Waals surface area contributed by atoms with Crippen molar-refractivity contribution in [1.29, 1.82) is 0 Å². The molecule has 0 aliphatic rings. The van der Waals surface area contributed by atoms with Crippen LogP contribution < -0.4 is 5.32 Å². The molecule has 0 saturated heterocycles. The maximum atomic E-state index is 3.45. The maximum Gasteiger partial charge on any atom is 0.0302 e. The zero-order chi connectivity index (χ0) is 9.68. The van der Waals surface area contributed by atoms with Crippen LogP contribution in [0.25, 0.3) is 0 Å². The number of nitrogens with one attached hydrogen (secondary N) is 1. The third-order valence-corrected chi connectivity index (χ3v) is 4.12. The number of hydrogen-bond acceptors (Lipinski definition) is 2. The highest BCUT2D eigenvalue weighted by Crippen LogP contribution is 2.16. The second kappa shape index (κ2) is 5.78. The molecule has 0 bridgehead atoms. The predicted octanol–water partition coefficient (Wildman–Crippen LogP) is 3.18. The van der Waals surface area contributed by atoms with Crippen LogP contribution in [0.1, 0.15) is 23.6 Å². The molecule has 1 N–H and O–H groups in total. The lowest BCUT2D eigenvalue weighted by atomic mass is 10.3. The second-order valence-corrected chi connectivity index (χ2v) is 5.06. The summed E-state index contributed by atoms with van der Waals surface area (Å²) in [6.45, 7) is 5.38. The molecule has 0 spiro atoms. The van der Waals surface area contributed by atoms with Crippen molar-refractivity contribution in [2.45, 2.75) is 32.9 Å². The van der Waals surface area contributed by atoms with Crippen molar-refractivity contribution in [3.05, 3.63) is 21.9 Å². The summed E-state index contributed by atoms with van der Waals surface area (Å²) in [7, 11) is 0. The van der Waals surface area contributed by atoms with Crippen LogP contribution in [0, 0.1) is 0 Å². The number of hydrogen-bond donors (Lipinski definition) is 1. The molecule has 1 rings (SSSR count). The van der Waals surface area contributed by atoms with E-state index in [2.05, 4.69) is 47.2 Å². The molecule has 1 heterocycles. The van der Waals surface area contributed by atoms with E-state index in [9.17, 15) is 0 Å². The van der Waals surface area contributed by atoms with Crippen LogP contribution in [-0.2, 0) is 13.0 Å². The monoisotopic (exact) mass is 261 g/mol. The molecule has 13 heavy (non-hydrogen) atoms. The summed E-state index contributed by atoms with van der Waals surface area (Å²) in [5, 5.41) is 4.46. The quantitative estimate of drug-likeness (QED) is 0.804. The molecular weight excluding hydrogens is 246 g/mol. The van der Waals surface area contributed by atoms with Crippen molar-refractivity contribution in [1.82, 2.24) is 5.32 Å². The van der Waals surface area contributed by atoms with E-state index in [1.807, 2.05) is 11.3 Å². The highest BCUT2D eigenvalue weighted by Gasteiger charge is 2.01. The van der Waals surface area contributed by atoms with Gasteiger partial charge in [0.1, 0.15) is 0 Å². The van der Waals surface area contributed by atoms with Crippen molar-refractivity contribution in [2.24, 2.45) is 0 Å². The van der Waals surface area contributed by atoms with E-state index in [-0.39, 0.29) is 0 Å². The molecule has 0 fully saturated rings. The molecule has 0 radical (unpaired) electrons. The first kappa shape index (κ1) is 11.2. The molecule has 0 aromatic carbocycles. The summed E-state index contributed by atoms with van der Waals surface area (Å²) in [5.74, 6) is 0.